The van der Waals surface area contributed by atoms with Crippen molar-refractivity contribution < 1.29 is 17.9 Å². The van der Waals surface area contributed by atoms with Gasteiger partial charge >= 0.3 is 0 Å². The minimum atomic E-state index is -3.34. The van der Waals surface area contributed by atoms with Gasteiger partial charge in [0, 0.05) is 43.3 Å². The van der Waals surface area contributed by atoms with Crippen LogP contribution in [0, 0.1) is 5.82 Å². The highest BCUT2D eigenvalue weighted by Gasteiger charge is 2.38. The van der Waals surface area contributed by atoms with Crippen molar-refractivity contribution >= 4 is 26.5 Å². The fourth-order valence-electron chi connectivity index (χ4n) is 4.78. The van der Waals surface area contributed by atoms with Crippen molar-refractivity contribution in [3.63, 3.8) is 0 Å². The van der Waals surface area contributed by atoms with E-state index in [9.17, 15) is 13.5 Å². The monoisotopic (exact) mass is 508 g/mol. The number of nitrogens with zero attached hydrogens (tertiary/aromatic N) is 3. The Hall–Kier alpha value is -3.54. The van der Waals surface area contributed by atoms with E-state index in [1.807, 2.05) is 13.0 Å². The van der Waals surface area contributed by atoms with Crippen LogP contribution in [0.3, 0.4) is 0 Å². The molecule has 0 aliphatic carbocycles. The molecule has 4 heterocycles. The van der Waals surface area contributed by atoms with Crippen LogP contribution in [0.5, 0.6) is 5.75 Å². The molecule has 2 aliphatic heterocycles. The maximum absolute atomic E-state index is 15.6. The predicted octanol–water partition coefficient (Wildman–Crippen LogP) is 3.03. The Morgan fingerprint density at radius 2 is 2.00 bits per heavy atom. The molecule has 4 N–H and O–H groups in total. The van der Waals surface area contributed by atoms with Crippen molar-refractivity contribution in [2.75, 3.05) is 26.2 Å². The molecule has 36 heavy (non-hydrogen) atoms. The zero-order chi connectivity index (χ0) is 25.0. The number of rotatable bonds is 6. The lowest BCUT2D eigenvalue weighted by Crippen LogP contribution is -2.55. The molecule has 0 spiro atoms. The van der Waals surface area contributed by atoms with Crippen molar-refractivity contribution in [1.82, 2.24) is 29.8 Å². The standard InChI is InChI=1S/C25H25FN6O3S/c1-2-14-9-16(33)3-4-18(14)19-5-6-20-23(22(19)26)30-31-24(20)25-28-12-21(29-25)15-7-8-32(13-15)36(34,35)17-10-27-11-17/h3-7,9,12,17,27,33H,2,8,10-11,13H2,1H3,(H,28,29)(H,30,31). The molecule has 1 saturated heterocycles. The Bertz CT molecular complexity index is 1620. The molecular formula is C25H25FN6O3S. The van der Waals surface area contributed by atoms with E-state index in [2.05, 4.69) is 25.5 Å². The van der Waals surface area contributed by atoms with Crippen molar-refractivity contribution in [2.45, 2.75) is 18.6 Å². The summed E-state index contributed by atoms with van der Waals surface area (Å²) in [4.78, 5) is 7.74. The maximum atomic E-state index is 15.6. The zero-order valence-corrected chi connectivity index (χ0v) is 20.4. The van der Waals surface area contributed by atoms with Crippen molar-refractivity contribution in [3.8, 4) is 28.4 Å². The first-order valence-corrected chi connectivity index (χ1v) is 13.3. The summed E-state index contributed by atoms with van der Waals surface area (Å²) < 4.78 is 42.5. The number of halogens is 1. The quantitative estimate of drug-likeness (QED) is 0.317. The average molecular weight is 509 g/mol. The summed E-state index contributed by atoms with van der Waals surface area (Å²) >= 11 is 0. The van der Waals surface area contributed by atoms with Gasteiger partial charge in [0.15, 0.2) is 11.6 Å². The highest BCUT2D eigenvalue weighted by molar-refractivity contribution is 7.89. The number of fused-ring (bicyclic) bond motifs is 1. The fourth-order valence-corrected chi connectivity index (χ4v) is 6.46. The minimum Gasteiger partial charge on any atom is -0.508 e. The van der Waals surface area contributed by atoms with Crippen LogP contribution in [0.1, 0.15) is 18.2 Å². The molecule has 0 bridgehead atoms. The smallest absolute Gasteiger partial charge is 0.220 e. The van der Waals surface area contributed by atoms with Crippen LogP contribution in [0.2, 0.25) is 0 Å². The first-order valence-electron chi connectivity index (χ1n) is 11.8. The Balaban J connectivity index is 1.29. The van der Waals surface area contributed by atoms with Gasteiger partial charge in [-0.25, -0.2) is 17.8 Å². The number of aromatic nitrogens is 4. The van der Waals surface area contributed by atoms with Gasteiger partial charge in [0.25, 0.3) is 0 Å². The third-order valence-corrected chi connectivity index (χ3v) is 9.15. The molecular weight excluding hydrogens is 483 g/mol. The van der Waals surface area contributed by atoms with Crippen LogP contribution in [0.15, 0.2) is 42.6 Å². The lowest BCUT2D eigenvalue weighted by Gasteiger charge is -2.30. The molecule has 0 unspecified atom stereocenters. The van der Waals surface area contributed by atoms with Gasteiger partial charge in [0.05, 0.1) is 5.69 Å². The molecule has 0 saturated carbocycles. The van der Waals surface area contributed by atoms with E-state index in [1.54, 1.807) is 36.5 Å². The molecule has 2 aliphatic rings. The van der Waals surface area contributed by atoms with E-state index in [4.69, 9.17) is 0 Å². The summed E-state index contributed by atoms with van der Waals surface area (Å²) in [6.45, 7) is 3.52. The number of aryl methyl sites for hydroxylation is 1. The van der Waals surface area contributed by atoms with Crippen LogP contribution in [-0.2, 0) is 16.4 Å². The van der Waals surface area contributed by atoms with Gasteiger partial charge in [-0.2, -0.15) is 9.40 Å². The van der Waals surface area contributed by atoms with E-state index in [0.29, 0.717) is 54.2 Å². The predicted molar refractivity (Wildman–Crippen MR) is 135 cm³/mol. The highest BCUT2D eigenvalue weighted by atomic mass is 32.2. The van der Waals surface area contributed by atoms with Crippen molar-refractivity contribution in [1.29, 1.82) is 0 Å². The van der Waals surface area contributed by atoms with Crippen LogP contribution in [0.25, 0.3) is 39.1 Å². The Morgan fingerprint density at radius 3 is 2.75 bits per heavy atom. The van der Waals surface area contributed by atoms with E-state index in [-0.39, 0.29) is 23.1 Å². The normalized spacial score (nSPS) is 17.0. The van der Waals surface area contributed by atoms with Crippen molar-refractivity contribution in [3.05, 3.63) is 59.7 Å². The largest absolute Gasteiger partial charge is 0.508 e. The van der Waals surface area contributed by atoms with Gasteiger partial charge in [-0.05, 0) is 41.3 Å². The molecule has 0 radical (unpaired) electrons. The van der Waals surface area contributed by atoms with Gasteiger partial charge < -0.3 is 15.4 Å². The molecule has 11 heteroatoms. The molecule has 9 nitrogen and oxygen atoms in total. The number of hydrogen-bond donors (Lipinski definition) is 4. The number of sulfonamides is 1. The van der Waals surface area contributed by atoms with E-state index in [1.165, 1.54) is 4.31 Å². The first kappa shape index (κ1) is 22.9. The third-order valence-electron chi connectivity index (χ3n) is 6.98. The maximum Gasteiger partial charge on any atom is 0.220 e. The van der Waals surface area contributed by atoms with E-state index in [0.717, 1.165) is 16.7 Å². The Labute approximate surface area is 207 Å². The molecule has 0 amide bonds. The zero-order valence-electron chi connectivity index (χ0n) is 19.5. The summed E-state index contributed by atoms with van der Waals surface area (Å²) in [5.41, 5.74) is 4.19. The highest BCUT2D eigenvalue weighted by Crippen LogP contribution is 2.35. The first-order chi connectivity index (χ1) is 17.4. The lowest BCUT2D eigenvalue weighted by atomic mass is 9.96. The minimum absolute atomic E-state index is 0.146. The number of aromatic amines is 2. The second kappa shape index (κ2) is 8.54. The van der Waals surface area contributed by atoms with Crippen LogP contribution < -0.4 is 5.32 Å². The molecule has 1 fully saturated rings. The SMILES string of the molecule is CCc1cc(O)ccc1-c1ccc2c(-c3nc(C4=CCN(S(=O)(=O)C5CNC5)C4)c[nH]3)n[nH]c2c1F. The summed E-state index contributed by atoms with van der Waals surface area (Å²) in [5.74, 6) is 0.184. The number of phenols is 1. The van der Waals surface area contributed by atoms with Gasteiger partial charge in [0.1, 0.15) is 22.2 Å². The fraction of sp³-hybridized carbons (Fsp3) is 0.280. The number of nitrogens with one attached hydrogen (secondary N) is 3. The third kappa shape index (κ3) is 3.62. The number of hydrogen-bond acceptors (Lipinski definition) is 6. The summed E-state index contributed by atoms with van der Waals surface area (Å²) in [6.07, 6.45) is 4.25. The average Bonchev–Trinajstić information content (AvgIpc) is 3.57. The number of H-pyrrole nitrogens is 2. The lowest BCUT2D eigenvalue weighted by molar-refractivity contribution is 0.436. The topological polar surface area (TPSA) is 127 Å². The van der Waals surface area contributed by atoms with Gasteiger partial charge in [0.2, 0.25) is 10.0 Å². The molecule has 186 valence electrons. The van der Waals surface area contributed by atoms with Crippen molar-refractivity contribution in [2.24, 2.45) is 0 Å². The van der Waals surface area contributed by atoms with Gasteiger partial charge in [-0.15, -0.1) is 0 Å². The van der Waals surface area contributed by atoms with Crippen LogP contribution >= 0.6 is 0 Å². The molecule has 6 rings (SSSR count). The van der Waals surface area contributed by atoms with Crippen LogP contribution in [-0.4, -0.2) is 69.4 Å². The Kier molecular flexibility index (Phi) is 5.43. The number of benzene rings is 2. The molecule has 2 aromatic heterocycles. The molecule has 2 aromatic carbocycles. The number of phenolic OH excluding ortho intramolecular Hbond substituents is 1. The van der Waals surface area contributed by atoms with E-state index < -0.39 is 15.8 Å². The van der Waals surface area contributed by atoms with E-state index >= 15 is 4.39 Å². The van der Waals surface area contributed by atoms with Gasteiger partial charge in [-0.3, -0.25) is 5.10 Å². The summed E-state index contributed by atoms with van der Waals surface area (Å²) in [5, 5.41) is 20.1. The summed E-state index contributed by atoms with van der Waals surface area (Å²) in [6, 6.07) is 8.43. The second-order valence-electron chi connectivity index (χ2n) is 9.10. The second-order valence-corrected chi connectivity index (χ2v) is 11.3. The van der Waals surface area contributed by atoms with Crippen LogP contribution in [0.4, 0.5) is 4.39 Å². The molecule has 0 atom stereocenters. The summed E-state index contributed by atoms with van der Waals surface area (Å²) in [7, 11) is -3.34. The molecule has 4 aromatic rings. The number of imidazole rings is 1. The van der Waals surface area contributed by atoms with Gasteiger partial charge in [-0.1, -0.05) is 25.1 Å². The number of aromatic hydroxyl groups is 1. The Morgan fingerprint density at radius 1 is 1.19 bits per heavy atom.